The second kappa shape index (κ2) is 13.1. The molecule has 3 aliphatic carbocycles. The van der Waals surface area contributed by atoms with E-state index >= 15 is 0 Å². The van der Waals surface area contributed by atoms with Crippen molar-refractivity contribution in [2.75, 3.05) is 61.0 Å². The van der Waals surface area contributed by atoms with Gasteiger partial charge in [-0.05, 0) is 104 Å². The number of rotatable bonds is 13. The third-order valence-corrected chi connectivity index (χ3v) is 11.3. The minimum absolute atomic E-state index is 0.179. The predicted molar refractivity (Wildman–Crippen MR) is 168 cm³/mol. The van der Waals surface area contributed by atoms with Crippen LogP contribution in [0.1, 0.15) is 111 Å². The van der Waals surface area contributed by atoms with Gasteiger partial charge in [0.15, 0.2) is 0 Å². The first-order valence-corrected chi connectivity index (χ1v) is 16.8. The van der Waals surface area contributed by atoms with Gasteiger partial charge in [-0.25, -0.2) is 0 Å². The molecule has 1 unspecified atom stereocenters. The minimum atomic E-state index is 0.179. The van der Waals surface area contributed by atoms with Crippen LogP contribution < -0.4 is 10.6 Å². The van der Waals surface area contributed by atoms with Gasteiger partial charge in [0.2, 0.25) is 0 Å². The normalized spacial score (nSPS) is 31.2. The van der Waals surface area contributed by atoms with Gasteiger partial charge in [-0.2, -0.15) is 10.2 Å². The van der Waals surface area contributed by atoms with Crippen LogP contribution >= 0.6 is 0 Å². The van der Waals surface area contributed by atoms with Crippen molar-refractivity contribution in [3.05, 3.63) is 34.9 Å². The fourth-order valence-corrected chi connectivity index (χ4v) is 8.50. The van der Waals surface area contributed by atoms with E-state index in [1.54, 1.807) is 0 Å². The van der Waals surface area contributed by atoms with E-state index in [0.717, 1.165) is 45.9 Å². The molecule has 2 aromatic heterocycles. The maximum absolute atomic E-state index is 6.26. The summed E-state index contributed by atoms with van der Waals surface area (Å²) in [5.74, 6) is 1.17. The number of aromatic amines is 1. The lowest BCUT2D eigenvalue weighted by molar-refractivity contribution is -0.0285. The zero-order valence-corrected chi connectivity index (χ0v) is 26.8. The van der Waals surface area contributed by atoms with Crippen LogP contribution in [-0.4, -0.2) is 96.4 Å². The summed E-state index contributed by atoms with van der Waals surface area (Å²) in [6, 6.07) is 0.565. The number of hydrogen-bond acceptors (Lipinski definition) is 7. The van der Waals surface area contributed by atoms with Gasteiger partial charge in [-0.1, -0.05) is 0 Å². The fourth-order valence-electron chi connectivity index (χ4n) is 8.50. The monoisotopic (exact) mass is 580 g/mol. The molecule has 2 spiro atoms. The molecule has 6 rings (SSSR count). The Kier molecular flexibility index (Phi) is 9.41. The highest BCUT2D eigenvalue weighted by molar-refractivity contribution is 5.26. The second-order valence-corrected chi connectivity index (χ2v) is 14.3. The molecule has 3 N–H and O–H groups in total. The van der Waals surface area contributed by atoms with Gasteiger partial charge in [-0.15, -0.1) is 0 Å². The highest BCUT2D eigenvalue weighted by Crippen LogP contribution is 2.65. The van der Waals surface area contributed by atoms with Crippen molar-refractivity contribution >= 4 is 0 Å². The second-order valence-electron chi connectivity index (χ2n) is 14.3. The van der Waals surface area contributed by atoms with Gasteiger partial charge in [0.25, 0.3) is 0 Å². The number of hydrogen-bond donors (Lipinski definition) is 3. The molecule has 3 heterocycles. The fraction of sp³-hybridized carbons (Fsp3) is 0.818. The standard InChI is InChI=1S/C33H56N8O/c1-34-15-17-39(3)22-27-21-36-37-30(27)25-6-11-32(12-7-25)20-29(32)41-24-28(23-40(4)18-16-35-2)31(38-41)26-8-13-33(14-9-26)10-5-19-42-33/h21,24-26,29,34-35H,5-20,22-23H2,1-4H3,(H,36,37). The number of nitrogens with one attached hydrogen (secondary N) is 3. The van der Waals surface area contributed by atoms with Crippen LogP contribution in [0, 0.1) is 5.41 Å². The topological polar surface area (TPSA) is 86.3 Å². The van der Waals surface area contributed by atoms with Crippen molar-refractivity contribution in [2.45, 2.75) is 107 Å². The molecule has 9 heteroatoms. The van der Waals surface area contributed by atoms with Crippen LogP contribution in [0.5, 0.6) is 0 Å². The average molecular weight is 581 g/mol. The van der Waals surface area contributed by atoms with Crippen molar-refractivity contribution < 1.29 is 4.74 Å². The summed E-state index contributed by atoms with van der Waals surface area (Å²) in [6.07, 6.45) is 18.2. The molecule has 1 saturated heterocycles. The lowest BCUT2D eigenvalue weighted by Gasteiger charge is -2.36. The molecule has 0 radical (unpaired) electrons. The molecule has 9 nitrogen and oxygen atoms in total. The first kappa shape index (κ1) is 30.3. The van der Waals surface area contributed by atoms with E-state index in [4.69, 9.17) is 9.84 Å². The van der Waals surface area contributed by atoms with Crippen LogP contribution in [0.25, 0.3) is 0 Å². The van der Waals surface area contributed by atoms with Crippen molar-refractivity contribution in [3.63, 3.8) is 0 Å². The summed E-state index contributed by atoms with van der Waals surface area (Å²) in [4.78, 5) is 4.85. The van der Waals surface area contributed by atoms with Crippen LogP contribution in [0.4, 0.5) is 0 Å². The Hall–Kier alpha value is -1.78. The summed E-state index contributed by atoms with van der Waals surface area (Å²) in [5.41, 5.74) is 6.23. The van der Waals surface area contributed by atoms with E-state index in [1.165, 1.54) is 93.1 Å². The van der Waals surface area contributed by atoms with Crippen molar-refractivity contribution in [3.8, 4) is 0 Å². The molecule has 1 aliphatic heterocycles. The van der Waals surface area contributed by atoms with Crippen molar-refractivity contribution in [2.24, 2.45) is 5.41 Å². The molecule has 2 aromatic rings. The molecule has 234 valence electrons. The molecule has 4 aliphatic rings. The third kappa shape index (κ3) is 6.50. The molecule has 0 amide bonds. The zero-order valence-electron chi connectivity index (χ0n) is 26.8. The lowest BCUT2D eigenvalue weighted by Crippen LogP contribution is -2.33. The van der Waals surface area contributed by atoms with E-state index < -0.39 is 0 Å². The molecule has 0 aromatic carbocycles. The first-order chi connectivity index (χ1) is 20.4. The van der Waals surface area contributed by atoms with Gasteiger partial charge < -0.3 is 25.2 Å². The van der Waals surface area contributed by atoms with E-state index in [0.29, 0.717) is 23.3 Å². The highest BCUT2D eigenvalue weighted by Gasteiger charge is 2.57. The van der Waals surface area contributed by atoms with Gasteiger partial charge in [0.1, 0.15) is 0 Å². The largest absolute Gasteiger partial charge is 0.375 e. The highest BCUT2D eigenvalue weighted by atomic mass is 16.5. The molecular formula is C33H56N8O. The van der Waals surface area contributed by atoms with Gasteiger partial charge in [0.05, 0.1) is 23.5 Å². The third-order valence-electron chi connectivity index (χ3n) is 11.3. The van der Waals surface area contributed by atoms with E-state index in [1.807, 2.05) is 14.1 Å². The molecule has 0 bridgehead atoms. The number of H-pyrrole nitrogens is 1. The lowest BCUT2D eigenvalue weighted by atomic mass is 9.76. The van der Waals surface area contributed by atoms with Crippen molar-refractivity contribution in [1.82, 2.24) is 40.4 Å². The van der Waals surface area contributed by atoms with E-state index in [-0.39, 0.29) is 5.60 Å². The maximum atomic E-state index is 6.26. The Morgan fingerprint density at radius 2 is 1.60 bits per heavy atom. The summed E-state index contributed by atoms with van der Waals surface area (Å²) in [7, 11) is 8.52. The van der Waals surface area contributed by atoms with E-state index in [2.05, 4.69) is 61.8 Å². The Morgan fingerprint density at radius 3 is 2.24 bits per heavy atom. The van der Waals surface area contributed by atoms with E-state index in [9.17, 15) is 0 Å². The van der Waals surface area contributed by atoms with Crippen LogP contribution in [-0.2, 0) is 17.8 Å². The smallest absolute Gasteiger partial charge is 0.0700 e. The summed E-state index contributed by atoms with van der Waals surface area (Å²) in [6.45, 7) is 7.04. The Labute approximate surface area is 253 Å². The summed E-state index contributed by atoms with van der Waals surface area (Å²) < 4.78 is 8.68. The summed E-state index contributed by atoms with van der Waals surface area (Å²) >= 11 is 0. The zero-order chi connectivity index (χ0) is 29.2. The van der Waals surface area contributed by atoms with Gasteiger partial charge in [-0.3, -0.25) is 9.78 Å². The van der Waals surface area contributed by atoms with Crippen LogP contribution in [0.15, 0.2) is 12.4 Å². The molecule has 1 atom stereocenters. The number of ether oxygens (including phenoxy) is 1. The quantitative estimate of drug-likeness (QED) is 0.324. The van der Waals surface area contributed by atoms with Gasteiger partial charge >= 0.3 is 0 Å². The Balaban J connectivity index is 1.11. The molecule has 42 heavy (non-hydrogen) atoms. The predicted octanol–water partition coefficient (Wildman–Crippen LogP) is 4.40. The number of likely N-dealkylation sites (N-methyl/N-ethyl adjacent to an activating group) is 4. The minimum Gasteiger partial charge on any atom is -0.375 e. The first-order valence-electron chi connectivity index (χ1n) is 16.8. The molecule has 4 fully saturated rings. The van der Waals surface area contributed by atoms with Crippen LogP contribution in [0.2, 0.25) is 0 Å². The maximum Gasteiger partial charge on any atom is 0.0700 e. The summed E-state index contributed by atoms with van der Waals surface area (Å²) in [5, 5.41) is 19.9. The molecule has 3 saturated carbocycles. The number of aromatic nitrogens is 4. The Morgan fingerprint density at radius 1 is 0.929 bits per heavy atom. The average Bonchev–Trinajstić information content (AvgIpc) is 3.39. The molecular weight excluding hydrogens is 524 g/mol. The van der Waals surface area contributed by atoms with Gasteiger partial charge in [0, 0.05) is 80.7 Å². The SMILES string of the molecule is CNCCN(C)Cc1cn(C2CC23CCC(c2[nH]ncc2CN(C)CCNC)CC3)nc1C1CCC2(CCCO2)CC1. The Bertz CT molecular complexity index is 1130. The van der Waals surface area contributed by atoms with Crippen LogP contribution in [0.3, 0.4) is 0 Å². The van der Waals surface area contributed by atoms with Crippen molar-refractivity contribution in [1.29, 1.82) is 0 Å². The number of nitrogens with zero attached hydrogens (tertiary/aromatic N) is 5.